The highest BCUT2D eigenvalue weighted by molar-refractivity contribution is 5.63. The predicted octanol–water partition coefficient (Wildman–Crippen LogP) is 1.34. The molecule has 0 aromatic carbocycles. The van der Waals surface area contributed by atoms with Gasteiger partial charge in [-0.2, -0.15) is 5.10 Å². The van der Waals surface area contributed by atoms with Crippen LogP contribution < -0.4 is 5.73 Å². The number of nitrogens with two attached hydrogens (primary N) is 1. The maximum atomic E-state index is 13.5. The van der Waals surface area contributed by atoms with Crippen LogP contribution in [0.15, 0.2) is 18.5 Å². The summed E-state index contributed by atoms with van der Waals surface area (Å²) in [5.74, 6) is -1.47. The summed E-state index contributed by atoms with van der Waals surface area (Å²) in [7, 11) is 1.49. The highest BCUT2D eigenvalue weighted by Gasteiger charge is 2.17. The molecule has 2 rings (SSSR count). The number of anilines is 1. The molecule has 2 N–H and O–H groups in total. The third-order valence-electron chi connectivity index (χ3n) is 2.06. The Labute approximate surface area is 84.4 Å². The lowest BCUT2D eigenvalue weighted by molar-refractivity contribution is 0.614. The van der Waals surface area contributed by atoms with Gasteiger partial charge in [0, 0.05) is 18.8 Å². The molecule has 0 aliphatic carbocycles. The van der Waals surface area contributed by atoms with Crippen molar-refractivity contribution in [1.29, 1.82) is 0 Å². The van der Waals surface area contributed by atoms with Crippen LogP contribution in [0.25, 0.3) is 11.3 Å². The molecule has 0 fully saturated rings. The summed E-state index contributed by atoms with van der Waals surface area (Å²) >= 11 is 0. The predicted molar refractivity (Wildman–Crippen MR) is 50.8 cm³/mol. The van der Waals surface area contributed by atoms with Gasteiger partial charge >= 0.3 is 0 Å². The minimum Gasteiger partial charge on any atom is -0.381 e. The second-order valence-corrected chi connectivity index (χ2v) is 3.03. The number of hydrogen-bond acceptors (Lipinski definition) is 3. The molecule has 6 heteroatoms. The number of pyridine rings is 1. The van der Waals surface area contributed by atoms with Gasteiger partial charge < -0.3 is 5.73 Å². The quantitative estimate of drug-likeness (QED) is 0.772. The van der Waals surface area contributed by atoms with Crippen molar-refractivity contribution in [3.8, 4) is 11.3 Å². The molecule has 0 atom stereocenters. The summed E-state index contributed by atoms with van der Waals surface area (Å²) in [6, 6.07) is 1.35. The van der Waals surface area contributed by atoms with Gasteiger partial charge in [0.25, 0.3) is 0 Å². The monoisotopic (exact) mass is 210 g/mol. The Bertz CT molecular complexity index is 507. The maximum absolute atomic E-state index is 13.5. The van der Waals surface area contributed by atoms with Crippen LogP contribution in [0, 0.1) is 11.6 Å². The van der Waals surface area contributed by atoms with E-state index in [1.54, 1.807) is 0 Å². The molecule has 2 aromatic heterocycles. The molecule has 0 aliphatic rings. The molecule has 2 aromatic rings. The highest BCUT2D eigenvalue weighted by atomic mass is 19.1. The first-order chi connectivity index (χ1) is 7.11. The van der Waals surface area contributed by atoms with Gasteiger partial charge in [-0.3, -0.25) is 4.98 Å². The molecule has 2 heterocycles. The van der Waals surface area contributed by atoms with Crippen LogP contribution in [0.5, 0.6) is 0 Å². The van der Waals surface area contributed by atoms with Crippen LogP contribution in [0.4, 0.5) is 14.6 Å². The molecule has 0 unspecified atom stereocenters. The molecule has 4 nitrogen and oxygen atoms in total. The summed E-state index contributed by atoms with van der Waals surface area (Å²) in [6.45, 7) is 0. The van der Waals surface area contributed by atoms with Gasteiger partial charge in [0.2, 0.25) is 0 Å². The Morgan fingerprint density at radius 3 is 2.67 bits per heavy atom. The summed E-state index contributed by atoms with van der Waals surface area (Å²) < 4.78 is 27.9. The van der Waals surface area contributed by atoms with E-state index in [-0.39, 0.29) is 17.1 Å². The van der Waals surface area contributed by atoms with Gasteiger partial charge in [0.1, 0.15) is 5.69 Å². The average molecular weight is 210 g/mol. The van der Waals surface area contributed by atoms with Crippen molar-refractivity contribution in [3.63, 3.8) is 0 Å². The number of hydrogen-bond donors (Lipinski definition) is 1. The zero-order valence-corrected chi connectivity index (χ0v) is 7.91. The molecule has 78 valence electrons. The van der Waals surface area contributed by atoms with Crippen LogP contribution in [0.3, 0.4) is 0 Å². The van der Waals surface area contributed by atoms with E-state index in [0.717, 1.165) is 10.9 Å². The van der Waals surface area contributed by atoms with E-state index in [4.69, 9.17) is 5.73 Å². The molecule has 0 amide bonds. The van der Waals surface area contributed by atoms with E-state index in [1.807, 2.05) is 0 Å². The summed E-state index contributed by atoms with van der Waals surface area (Å²) in [6.07, 6.45) is 2.36. The number of aryl methyl sites for hydroxylation is 1. The Morgan fingerprint density at radius 1 is 1.40 bits per heavy atom. The zero-order chi connectivity index (χ0) is 11.0. The molecule has 0 radical (unpaired) electrons. The first-order valence-corrected chi connectivity index (χ1v) is 4.19. The highest BCUT2D eigenvalue weighted by Crippen LogP contribution is 2.26. The van der Waals surface area contributed by atoms with Crippen LogP contribution >= 0.6 is 0 Å². The normalized spacial score (nSPS) is 10.6. The Hall–Kier alpha value is -1.98. The van der Waals surface area contributed by atoms with E-state index in [1.165, 1.54) is 19.3 Å². The maximum Gasteiger partial charge on any atom is 0.192 e. The SMILES string of the molecule is Cn1nc(-c2ccncc2F)c(F)c1N. The zero-order valence-electron chi connectivity index (χ0n) is 7.91. The van der Waals surface area contributed by atoms with E-state index < -0.39 is 11.6 Å². The number of halogens is 2. The topological polar surface area (TPSA) is 56.7 Å². The Balaban J connectivity index is 2.65. The second-order valence-electron chi connectivity index (χ2n) is 3.03. The van der Waals surface area contributed by atoms with Crippen LogP contribution in [0.2, 0.25) is 0 Å². The lowest BCUT2D eigenvalue weighted by Crippen LogP contribution is -1.97. The number of nitrogens with zero attached hydrogens (tertiary/aromatic N) is 3. The summed E-state index contributed by atoms with van der Waals surface area (Å²) in [4.78, 5) is 3.57. The number of aromatic nitrogens is 3. The molecule has 0 saturated heterocycles. The second kappa shape index (κ2) is 3.30. The third-order valence-corrected chi connectivity index (χ3v) is 2.06. The van der Waals surface area contributed by atoms with Crippen LogP contribution in [-0.2, 0) is 7.05 Å². The van der Waals surface area contributed by atoms with Gasteiger partial charge in [-0.05, 0) is 6.07 Å². The van der Waals surface area contributed by atoms with Crippen molar-refractivity contribution in [2.24, 2.45) is 7.05 Å². The summed E-state index contributed by atoms with van der Waals surface area (Å²) in [5, 5.41) is 3.79. The first-order valence-electron chi connectivity index (χ1n) is 4.19. The van der Waals surface area contributed by atoms with Crippen molar-refractivity contribution in [3.05, 3.63) is 30.1 Å². The van der Waals surface area contributed by atoms with Crippen molar-refractivity contribution in [1.82, 2.24) is 14.8 Å². The minimum atomic E-state index is -0.720. The first kappa shape index (κ1) is 9.57. The lowest BCUT2D eigenvalue weighted by atomic mass is 10.2. The van der Waals surface area contributed by atoms with Gasteiger partial charge in [-0.25, -0.2) is 13.5 Å². The Morgan fingerprint density at radius 2 is 2.13 bits per heavy atom. The molecule has 0 spiro atoms. The molecule has 0 aliphatic heterocycles. The van der Waals surface area contributed by atoms with Crippen molar-refractivity contribution in [2.45, 2.75) is 0 Å². The number of nitrogen functional groups attached to an aromatic ring is 1. The molecular weight excluding hydrogens is 202 g/mol. The average Bonchev–Trinajstić information content (AvgIpc) is 2.47. The fraction of sp³-hybridized carbons (Fsp3) is 0.111. The van der Waals surface area contributed by atoms with Crippen molar-refractivity contribution in [2.75, 3.05) is 5.73 Å². The van der Waals surface area contributed by atoms with Crippen molar-refractivity contribution >= 4 is 5.82 Å². The van der Waals surface area contributed by atoms with Gasteiger partial charge in [-0.15, -0.1) is 0 Å². The fourth-order valence-corrected chi connectivity index (χ4v) is 1.25. The minimum absolute atomic E-state index is 0.0507. The molecule has 0 saturated carbocycles. The molecule has 15 heavy (non-hydrogen) atoms. The standard InChI is InChI=1S/C9H8F2N4/c1-15-9(12)7(11)8(14-15)5-2-3-13-4-6(5)10/h2-4H,12H2,1H3. The number of rotatable bonds is 1. The summed E-state index contributed by atoms with van der Waals surface area (Å²) in [5.41, 5.74) is 5.33. The Kier molecular flexibility index (Phi) is 2.11. The lowest BCUT2D eigenvalue weighted by Gasteiger charge is -1.97. The van der Waals surface area contributed by atoms with E-state index >= 15 is 0 Å². The van der Waals surface area contributed by atoms with Gasteiger partial charge in [0.05, 0.1) is 6.20 Å². The van der Waals surface area contributed by atoms with E-state index in [2.05, 4.69) is 10.1 Å². The fourth-order valence-electron chi connectivity index (χ4n) is 1.25. The van der Waals surface area contributed by atoms with Gasteiger partial charge in [0.15, 0.2) is 17.5 Å². The van der Waals surface area contributed by atoms with Crippen LogP contribution in [-0.4, -0.2) is 14.8 Å². The third kappa shape index (κ3) is 1.43. The molecule has 0 bridgehead atoms. The van der Waals surface area contributed by atoms with Gasteiger partial charge in [-0.1, -0.05) is 0 Å². The largest absolute Gasteiger partial charge is 0.381 e. The van der Waals surface area contributed by atoms with E-state index in [9.17, 15) is 8.78 Å². The van der Waals surface area contributed by atoms with Crippen LogP contribution in [0.1, 0.15) is 0 Å². The van der Waals surface area contributed by atoms with E-state index in [0.29, 0.717) is 0 Å². The smallest absolute Gasteiger partial charge is 0.192 e. The van der Waals surface area contributed by atoms with Crippen molar-refractivity contribution < 1.29 is 8.78 Å². The molecular formula is C9H8F2N4.